The quantitative estimate of drug-likeness (QED) is 0.198. The lowest BCUT2D eigenvalue weighted by Gasteiger charge is -2.32. The number of nitrogens with zero attached hydrogens (tertiary/aromatic N) is 3. The van der Waals surface area contributed by atoms with Crippen LogP contribution in [-0.2, 0) is 25.9 Å². The first kappa shape index (κ1) is 35.5. The van der Waals surface area contributed by atoms with Crippen LogP contribution in [0.1, 0.15) is 95.8 Å². The van der Waals surface area contributed by atoms with Gasteiger partial charge in [0, 0.05) is 38.2 Å². The summed E-state index contributed by atoms with van der Waals surface area (Å²) in [6.07, 6.45) is 7.01. The van der Waals surface area contributed by atoms with Gasteiger partial charge >= 0.3 is 5.97 Å². The minimum atomic E-state index is -0.874. The molecule has 3 aromatic carbocycles. The molecule has 46 heavy (non-hydrogen) atoms. The number of aromatic carboxylic acids is 1. The third-order valence-corrected chi connectivity index (χ3v) is 9.82. The fourth-order valence-electron chi connectivity index (χ4n) is 6.81. The second kappa shape index (κ2) is 18.7. The van der Waals surface area contributed by atoms with E-state index >= 15 is 0 Å². The highest BCUT2D eigenvalue weighted by Crippen LogP contribution is 2.25. The monoisotopic (exact) mass is 625 g/mol. The fourth-order valence-corrected chi connectivity index (χ4v) is 6.81. The predicted molar refractivity (Wildman–Crippen MR) is 189 cm³/mol. The molecule has 2 aliphatic rings. The van der Waals surface area contributed by atoms with Crippen LogP contribution in [0.2, 0.25) is 0 Å². The summed E-state index contributed by atoms with van der Waals surface area (Å²) in [5.74, 6) is 0.0717. The number of ketones is 1. The summed E-state index contributed by atoms with van der Waals surface area (Å²) in [5, 5.41) is 9.22. The maximum atomic E-state index is 13.0. The van der Waals surface area contributed by atoms with Gasteiger partial charge in [0.1, 0.15) is 0 Å². The first-order valence-corrected chi connectivity index (χ1v) is 17.6. The Kier molecular flexibility index (Phi) is 14.5. The van der Waals surface area contributed by atoms with Crippen LogP contribution in [-0.4, -0.2) is 77.4 Å². The summed E-state index contributed by atoms with van der Waals surface area (Å²) in [6, 6.07) is 24.3. The SMILES string of the molecule is CCN(CC)CC.O=C(O)c1cccc(CN2CCC(CCCC(=O)c3ccc4c(c3)CCN(Cc3ccccc3)CC4)CC2)c1. The Bertz CT molecular complexity index is 1360. The highest BCUT2D eigenvalue weighted by atomic mass is 16.4. The van der Waals surface area contributed by atoms with Crippen molar-refractivity contribution < 1.29 is 14.7 Å². The predicted octanol–water partition coefficient (Wildman–Crippen LogP) is 7.60. The van der Waals surface area contributed by atoms with E-state index in [0.29, 0.717) is 17.9 Å². The lowest BCUT2D eigenvalue weighted by atomic mass is 9.90. The maximum absolute atomic E-state index is 13.0. The standard InChI is InChI=1S/C34H40N2O3.C6H15N/c37-33(11-5-8-26-14-18-35(19-15-26)25-28-9-4-10-32(22-28)34(38)39)31-13-12-29-16-20-36(21-17-30(29)23-31)24-27-6-2-1-3-7-27;1-4-7(5-2)6-3/h1-4,6-7,9-10,12-13,22-23,26H,5,8,11,14-21,24-25H2,(H,38,39);4-6H2,1-3H3. The molecule has 0 bridgehead atoms. The molecule has 1 fully saturated rings. The van der Waals surface area contributed by atoms with Crippen molar-refractivity contribution >= 4 is 11.8 Å². The largest absolute Gasteiger partial charge is 0.478 e. The molecular weight excluding hydrogens is 570 g/mol. The number of carbonyl (C=O) groups excluding carboxylic acids is 1. The molecule has 0 radical (unpaired) electrons. The van der Waals surface area contributed by atoms with E-state index in [0.717, 1.165) is 88.9 Å². The average Bonchev–Trinajstić information content (AvgIpc) is 3.29. The van der Waals surface area contributed by atoms with Crippen molar-refractivity contribution in [2.24, 2.45) is 5.92 Å². The summed E-state index contributed by atoms with van der Waals surface area (Å²) in [6.45, 7) is 16.1. The lowest BCUT2D eigenvalue weighted by Crippen LogP contribution is -2.33. The van der Waals surface area contributed by atoms with Gasteiger partial charge in [-0.2, -0.15) is 0 Å². The Hall–Kier alpha value is -3.32. The molecule has 2 heterocycles. The number of fused-ring (bicyclic) bond motifs is 1. The Labute approximate surface area is 277 Å². The van der Waals surface area contributed by atoms with Gasteiger partial charge in [-0.1, -0.05) is 75.4 Å². The second-order valence-electron chi connectivity index (χ2n) is 12.9. The van der Waals surface area contributed by atoms with Crippen molar-refractivity contribution in [3.63, 3.8) is 0 Å². The van der Waals surface area contributed by atoms with Gasteiger partial charge in [0.15, 0.2) is 5.78 Å². The number of Topliss-reactive ketones (excluding diaryl/α,β-unsaturated/α-hetero) is 1. The van der Waals surface area contributed by atoms with Crippen LogP contribution in [0, 0.1) is 5.92 Å². The molecule has 0 spiro atoms. The third kappa shape index (κ3) is 11.2. The third-order valence-electron chi connectivity index (χ3n) is 9.82. The number of hydrogen-bond acceptors (Lipinski definition) is 5. The Morgan fingerprint density at radius 3 is 2.00 bits per heavy atom. The van der Waals surface area contributed by atoms with E-state index in [9.17, 15) is 14.7 Å². The first-order chi connectivity index (χ1) is 22.4. The van der Waals surface area contributed by atoms with Crippen LogP contribution in [0.3, 0.4) is 0 Å². The Morgan fingerprint density at radius 2 is 1.35 bits per heavy atom. The lowest BCUT2D eigenvalue weighted by molar-refractivity contribution is 0.0696. The first-order valence-electron chi connectivity index (χ1n) is 17.6. The second-order valence-corrected chi connectivity index (χ2v) is 12.9. The van der Waals surface area contributed by atoms with E-state index in [-0.39, 0.29) is 5.78 Å². The molecule has 3 aromatic rings. The molecule has 5 rings (SSSR count). The van der Waals surface area contributed by atoms with Crippen LogP contribution in [0.4, 0.5) is 0 Å². The van der Waals surface area contributed by atoms with E-state index in [1.54, 1.807) is 12.1 Å². The van der Waals surface area contributed by atoms with Crippen molar-refractivity contribution in [3.8, 4) is 0 Å². The van der Waals surface area contributed by atoms with E-state index in [1.165, 1.54) is 36.3 Å². The zero-order valence-electron chi connectivity index (χ0n) is 28.4. The number of hydrogen-bond donors (Lipinski definition) is 1. The van der Waals surface area contributed by atoms with E-state index in [1.807, 2.05) is 18.2 Å². The topological polar surface area (TPSA) is 64.1 Å². The van der Waals surface area contributed by atoms with Crippen LogP contribution in [0.15, 0.2) is 72.8 Å². The number of carboxylic acid groups (broad SMARTS) is 1. The normalized spacial score (nSPS) is 15.9. The molecule has 248 valence electrons. The van der Waals surface area contributed by atoms with Crippen molar-refractivity contribution in [2.45, 2.75) is 78.8 Å². The maximum Gasteiger partial charge on any atom is 0.335 e. The highest BCUT2D eigenvalue weighted by molar-refractivity contribution is 5.96. The Morgan fingerprint density at radius 1 is 0.717 bits per heavy atom. The average molecular weight is 626 g/mol. The van der Waals surface area contributed by atoms with Crippen LogP contribution in [0.25, 0.3) is 0 Å². The summed E-state index contributed by atoms with van der Waals surface area (Å²) in [7, 11) is 0. The van der Waals surface area contributed by atoms with Crippen molar-refractivity contribution in [1.29, 1.82) is 0 Å². The number of carbonyl (C=O) groups is 2. The molecular formula is C40H55N3O3. The minimum Gasteiger partial charge on any atom is -0.478 e. The van der Waals surface area contributed by atoms with Crippen molar-refractivity contribution in [2.75, 3.05) is 45.8 Å². The number of likely N-dealkylation sites (tertiary alicyclic amines) is 1. The van der Waals surface area contributed by atoms with Gasteiger partial charge in [0.05, 0.1) is 5.56 Å². The fraction of sp³-hybridized carbons (Fsp3) is 0.500. The summed E-state index contributed by atoms with van der Waals surface area (Å²) >= 11 is 0. The molecule has 0 atom stereocenters. The van der Waals surface area contributed by atoms with Gasteiger partial charge in [-0.3, -0.25) is 14.6 Å². The minimum absolute atomic E-state index is 0.277. The smallest absolute Gasteiger partial charge is 0.335 e. The van der Waals surface area contributed by atoms with Crippen LogP contribution >= 0.6 is 0 Å². The zero-order chi connectivity index (χ0) is 32.7. The molecule has 0 amide bonds. The van der Waals surface area contributed by atoms with E-state index < -0.39 is 5.97 Å². The van der Waals surface area contributed by atoms with E-state index in [2.05, 4.69) is 77.9 Å². The number of rotatable bonds is 13. The molecule has 1 N–H and O–H groups in total. The van der Waals surface area contributed by atoms with Crippen molar-refractivity contribution in [3.05, 3.63) is 106 Å². The van der Waals surface area contributed by atoms with Gasteiger partial charge in [0.25, 0.3) is 0 Å². The van der Waals surface area contributed by atoms with Crippen molar-refractivity contribution in [1.82, 2.24) is 14.7 Å². The molecule has 0 unspecified atom stereocenters. The molecule has 6 heteroatoms. The van der Waals surface area contributed by atoms with Gasteiger partial charge in [0.2, 0.25) is 0 Å². The molecule has 0 saturated carbocycles. The molecule has 2 aliphatic heterocycles. The van der Waals surface area contributed by atoms with Gasteiger partial charge < -0.3 is 10.0 Å². The molecule has 0 aromatic heterocycles. The van der Waals surface area contributed by atoms with Gasteiger partial charge in [-0.05, 0) is 118 Å². The number of piperidine rings is 1. The molecule has 0 aliphatic carbocycles. The van der Waals surface area contributed by atoms with Gasteiger partial charge in [-0.25, -0.2) is 4.79 Å². The Balaban J connectivity index is 0.000000617. The number of carboxylic acids is 1. The number of benzene rings is 3. The highest BCUT2D eigenvalue weighted by Gasteiger charge is 2.21. The summed E-state index contributed by atoms with van der Waals surface area (Å²) in [5.41, 5.74) is 6.38. The van der Waals surface area contributed by atoms with Crippen LogP contribution in [0.5, 0.6) is 0 Å². The summed E-state index contributed by atoms with van der Waals surface area (Å²) in [4.78, 5) is 31.6. The van der Waals surface area contributed by atoms with Gasteiger partial charge in [-0.15, -0.1) is 0 Å². The zero-order valence-corrected chi connectivity index (χ0v) is 28.4. The molecule has 1 saturated heterocycles. The van der Waals surface area contributed by atoms with Crippen LogP contribution < -0.4 is 0 Å². The summed E-state index contributed by atoms with van der Waals surface area (Å²) < 4.78 is 0. The van der Waals surface area contributed by atoms with E-state index in [4.69, 9.17) is 0 Å². The molecule has 6 nitrogen and oxygen atoms in total.